The van der Waals surface area contributed by atoms with E-state index in [1.165, 1.54) is 32.1 Å². The normalized spacial score (nSPS) is 11.5. The Balaban J connectivity index is 3.16. The third-order valence-corrected chi connectivity index (χ3v) is 5.87. The minimum Gasteiger partial charge on any atom is -0.355 e. The van der Waals surface area contributed by atoms with Gasteiger partial charge in [0.1, 0.15) is 0 Å². The molecular weight excluding hydrogens is 342 g/mol. The highest BCUT2D eigenvalue weighted by Gasteiger charge is 2.24. The Labute approximate surface area is 150 Å². The van der Waals surface area contributed by atoms with Gasteiger partial charge in [-0.1, -0.05) is 6.92 Å². The van der Waals surface area contributed by atoms with E-state index >= 15 is 0 Å². The third-order valence-electron chi connectivity index (χ3n) is 3.92. The predicted octanol–water partition coefficient (Wildman–Crippen LogP) is 1.15. The van der Waals surface area contributed by atoms with Crippen molar-refractivity contribution in [1.29, 1.82) is 0 Å². The van der Waals surface area contributed by atoms with Crippen LogP contribution in [-0.4, -0.2) is 63.7 Å². The molecule has 8 heteroatoms. The maximum absolute atomic E-state index is 12.6. The van der Waals surface area contributed by atoms with Gasteiger partial charge in [-0.05, 0) is 43.5 Å². The molecule has 0 aliphatic rings. The molecule has 0 bridgehead atoms. The molecule has 0 heterocycles. The Hall–Kier alpha value is -1.93. The van der Waals surface area contributed by atoms with Crippen molar-refractivity contribution in [2.24, 2.45) is 0 Å². The molecule has 0 saturated carbocycles. The van der Waals surface area contributed by atoms with Crippen molar-refractivity contribution >= 4 is 21.8 Å². The molecule has 1 aromatic carbocycles. The number of sulfonamides is 1. The number of amides is 2. The average Bonchev–Trinajstić information content (AvgIpc) is 2.54. The Morgan fingerprint density at radius 2 is 1.72 bits per heavy atom. The van der Waals surface area contributed by atoms with Gasteiger partial charge in [0.25, 0.3) is 5.91 Å². The van der Waals surface area contributed by atoms with Crippen LogP contribution in [0.4, 0.5) is 0 Å². The molecule has 0 radical (unpaired) electrons. The zero-order chi connectivity index (χ0) is 19.4. The molecule has 140 valence electrons. The van der Waals surface area contributed by atoms with Crippen molar-refractivity contribution in [3.63, 3.8) is 0 Å². The fourth-order valence-electron chi connectivity index (χ4n) is 2.24. The topological polar surface area (TPSA) is 86.8 Å². The van der Waals surface area contributed by atoms with Crippen LogP contribution >= 0.6 is 0 Å². The highest BCUT2D eigenvalue weighted by molar-refractivity contribution is 7.89. The lowest BCUT2D eigenvalue weighted by Gasteiger charge is -2.20. The van der Waals surface area contributed by atoms with Crippen molar-refractivity contribution in [2.45, 2.75) is 32.1 Å². The number of carbonyl (C=O) groups is 2. The summed E-state index contributed by atoms with van der Waals surface area (Å²) in [7, 11) is 0.748. The summed E-state index contributed by atoms with van der Waals surface area (Å²) in [5.74, 6) is -0.646. The minimum absolute atomic E-state index is 0.0818. The summed E-state index contributed by atoms with van der Waals surface area (Å²) < 4.78 is 26.1. The first-order chi connectivity index (χ1) is 11.5. The van der Waals surface area contributed by atoms with E-state index < -0.39 is 15.9 Å². The Kier molecular flexibility index (Phi) is 7.13. The minimum atomic E-state index is -3.66. The molecule has 1 N–H and O–H groups in total. The van der Waals surface area contributed by atoms with Crippen LogP contribution in [-0.2, 0) is 14.8 Å². The first kappa shape index (κ1) is 21.1. The molecule has 2 amide bonds. The molecule has 0 aliphatic carbocycles. The first-order valence-corrected chi connectivity index (χ1v) is 9.52. The summed E-state index contributed by atoms with van der Waals surface area (Å²) in [6.45, 7) is 5.88. The van der Waals surface area contributed by atoms with E-state index in [0.717, 1.165) is 10.7 Å². The van der Waals surface area contributed by atoms with Crippen LogP contribution in [0.5, 0.6) is 0 Å². The second kappa shape index (κ2) is 8.44. The van der Waals surface area contributed by atoms with Gasteiger partial charge < -0.3 is 10.2 Å². The summed E-state index contributed by atoms with van der Waals surface area (Å²) in [6.07, 6.45) is 0.812. The van der Waals surface area contributed by atoms with Crippen LogP contribution in [0.3, 0.4) is 0 Å². The van der Waals surface area contributed by atoms with Gasteiger partial charge in [-0.3, -0.25) is 9.59 Å². The quantitative estimate of drug-likeness (QED) is 0.781. The maximum atomic E-state index is 12.6. The number of carbonyl (C=O) groups excluding carboxylic acids is 2. The van der Waals surface area contributed by atoms with E-state index in [1.807, 2.05) is 6.92 Å². The molecule has 0 saturated heterocycles. The highest BCUT2D eigenvalue weighted by atomic mass is 32.2. The van der Waals surface area contributed by atoms with Gasteiger partial charge in [0.2, 0.25) is 15.9 Å². The van der Waals surface area contributed by atoms with Crippen molar-refractivity contribution in [3.05, 3.63) is 28.8 Å². The van der Waals surface area contributed by atoms with Crippen LogP contribution < -0.4 is 5.32 Å². The van der Waals surface area contributed by atoms with Gasteiger partial charge in [-0.15, -0.1) is 0 Å². The lowest BCUT2D eigenvalue weighted by atomic mass is 10.1. The predicted molar refractivity (Wildman–Crippen MR) is 97.1 cm³/mol. The Morgan fingerprint density at radius 3 is 2.24 bits per heavy atom. The number of aryl methyl sites for hydroxylation is 1. The van der Waals surface area contributed by atoms with Gasteiger partial charge in [0.05, 0.1) is 11.4 Å². The molecular formula is C17H27N3O4S. The standard InChI is InChI=1S/C17H27N3O4S/c1-7-8-18-16(21)11-20(6)17(22)14-9-12(2)13(3)15(10-14)25(23,24)19(4)5/h9-10H,7-8,11H2,1-6H3,(H,18,21). The van der Waals surface area contributed by atoms with Gasteiger partial charge in [-0.2, -0.15) is 0 Å². The van der Waals surface area contributed by atoms with Crippen molar-refractivity contribution in [3.8, 4) is 0 Å². The van der Waals surface area contributed by atoms with Crippen LogP contribution in [0.25, 0.3) is 0 Å². The maximum Gasteiger partial charge on any atom is 0.254 e. The van der Waals surface area contributed by atoms with E-state index in [9.17, 15) is 18.0 Å². The molecule has 0 aliphatic heterocycles. The van der Waals surface area contributed by atoms with Crippen molar-refractivity contribution < 1.29 is 18.0 Å². The van der Waals surface area contributed by atoms with E-state index in [2.05, 4.69) is 5.32 Å². The molecule has 0 spiro atoms. The molecule has 25 heavy (non-hydrogen) atoms. The number of nitrogens with one attached hydrogen (secondary N) is 1. The fourth-order valence-corrected chi connectivity index (χ4v) is 3.46. The zero-order valence-electron chi connectivity index (χ0n) is 15.7. The van der Waals surface area contributed by atoms with Crippen molar-refractivity contribution in [1.82, 2.24) is 14.5 Å². The molecule has 0 fully saturated rings. The van der Waals surface area contributed by atoms with Crippen LogP contribution in [0.2, 0.25) is 0 Å². The monoisotopic (exact) mass is 369 g/mol. The summed E-state index contributed by atoms with van der Waals surface area (Å²) >= 11 is 0. The summed E-state index contributed by atoms with van der Waals surface area (Å²) in [5.41, 5.74) is 1.55. The Bertz CT molecular complexity index is 757. The van der Waals surface area contributed by atoms with E-state index in [1.54, 1.807) is 19.9 Å². The second-order valence-electron chi connectivity index (χ2n) is 6.21. The SMILES string of the molecule is CCCNC(=O)CN(C)C(=O)c1cc(C)c(C)c(S(=O)(=O)N(C)C)c1. The van der Waals surface area contributed by atoms with Crippen molar-refractivity contribution in [2.75, 3.05) is 34.2 Å². The van der Waals surface area contributed by atoms with E-state index in [-0.39, 0.29) is 22.9 Å². The highest BCUT2D eigenvalue weighted by Crippen LogP contribution is 2.24. The molecule has 1 rings (SSSR count). The van der Waals surface area contributed by atoms with Gasteiger partial charge >= 0.3 is 0 Å². The second-order valence-corrected chi connectivity index (χ2v) is 8.34. The number of rotatable bonds is 7. The third kappa shape index (κ3) is 5.02. The molecule has 0 aromatic heterocycles. The van der Waals surface area contributed by atoms with E-state index in [0.29, 0.717) is 17.7 Å². The van der Waals surface area contributed by atoms with Gasteiger partial charge in [0.15, 0.2) is 0 Å². The lowest BCUT2D eigenvalue weighted by Crippen LogP contribution is -2.38. The largest absolute Gasteiger partial charge is 0.355 e. The first-order valence-electron chi connectivity index (χ1n) is 8.08. The van der Waals surface area contributed by atoms with E-state index in [4.69, 9.17) is 0 Å². The van der Waals surface area contributed by atoms with Crippen LogP contribution in [0.1, 0.15) is 34.8 Å². The number of likely N-dealkylation sites (N-methyl/N-ethyl adjacent to an activating group) is 1. The molecule has 1 aromatic rings. The smallest absolute Gasteiger partial charge is 0.254 e. The van der Waals surface area contributed by atoms with Gasteiger partial charge in [-0.25, -0.2) is 12.7 Å². The lowest BCUT2D eigenvalue weighted by molar-refractivity contribution is -0.121. The summed E-state index contributed by atoms with van der Waals surface area (Å²) in [5, 5.41) is 2.71. The van der Waals surface area contributed by atoms with Gasteiger partial charge in [0, 0.05) is 33.3 Å². The number of hydrogen-bond acceptors (Lipinski definition) is 4. The molecule has 0 atom stereocenters. The Morgan fingerprint density at radius 1 is 1.12 bits per heavy atom. The number of benzene rings is 1. The number of hydrogen-bond donors (Lipinski definition) is 1. The van der Waals surface area contributed by atoms with Crippen LogP contribution in [0, 0.1) is 13.8 Å². The molecule has 0 unspecified atom stereocenters. The van der Waals surface area contributed by atoms with Crippen LogP contribution in [0.15, 0.2) is 17.0 Å². The fraction of sp³-hybridized carbons (Fsp3) is 0.529. The number of nitrogens with zero attached hydrogens (tertiary/aromatic N) is 2. The molecule has 7 nitrogen and oxygen atoms in total. The summed E-state index contributed by atoms with van der Waals surface area (Å²) in [4.78, 5) is 25.8. The zero-order valence-corrected chi connectivity index (χ0v) is 16.5. The summed E-state index contributed by atoms with van der Waals surface area (Å²) in [6, 6.07) is 3.02. The average molecular weight is 369 g/mol.